The highest BCUT2D eigenvalue weighted by atomic mass is 15.2. The SMILES string of the molecule is CC1CCCN(c2nccc3cc(N4CCC(N)CC4)ccc23)C1. The van der Waals surface area contributed by atoms with Gasteiger partial charge in [-0.2, -0.15) is 0 Å². The molecule has 2 aromatic rings. The summed E-state index contributed by atoms with van der Waals surface area (Å²) in [5.41, 5.74) is 7.36. The van der Waals surface area contributed by atoms with Gasteiger partial charge in [0, 0.05) is 49.5 Å². The molecule has 1 atom stereocenters. The Balaban J connectivity index is 1.64. The molecule has 4 rings (SSSR count). The Bertz CT molecular complexity index is 706. The van der Waals surface area contributed by atoms with E-state index in [0.717, 1.165) is 50.8 Å². The van der Waals surface area contributed by atoms with Crippen LogP contribution < -0.4 is 15.5 Å². The van der Waals surface area contributed by atoms with Crippen molar-refractivity contribution in [3.05, 3.63) is 30.5 Å². The minimum atomic E-state index is 0.374. The molecule has 0 bridgehead atoms. The second kappa shape index (κ2) is 6.60. The van der Waals surface area contributed by atoms with Crippen molar-refractivity contribution in [1.82, 2.24) is 4.98 Å². The molecule has 0 aliphatic carbocycles. The summed E-state index contributed by atoms with van der Waals surface area (Å²) in [6.45, 7) is 6.72. The summed E-state index contributed by atoms with van der Waals surface area (Å²) >= 11 is 0. The van der Waals surface area contributed by atoms with Crippen molar-refractivity contribution in [2.24, 2.45) is 11.7 Å². The first-order valence-electron chi connectivity index (χ1n) is 9.35. The van der Waals surface area contributed by atoms with Crippen LogP contribution in [0.4, 0.5) is 11.5 Å². The van der Waals surface area contributed by atoms with Crippen molar-refractivity contribution < 1.29 is 0 Å². The number of rotatable bonds is 2. The number of nitrogens with zero attached hydrogens (tertiary/aromatic N) is 3. The van der Waals surface area contributed by atoms with Crippen LogP contribution in [0.25, 0.3) is 10.8 Å². The number of hydrogen-bond acceptors (Lipinski definition) is 4. The van der Waals surface area contributed by atoms with Gasteiger partial charge in [0.1, 0.15) is 5.82 Å². The van der Waals surface area contributed by atoms with E-state index in [1.165, 1.54) is 29.3 Å². The molecule has 2 aliphatic rings. The van der Waals surface area contributed by atoms with Crippen molar-refractivity contribution in [1.29, 1.82) is 0 Å². The van der Waals surface area contributed by atoms with E-state index in [2.05, 4.69) is 41.0 Å². The first-order valence-corrected chi connectivity index (χ1v) is 9.35. The van der Waals surface area contributed by atoms with Crippen LogP contribution in [0.5, 0.6) is 0 Å². The molecule has 128 valence electrons. The lowest BCUT2D eigenvalue weighted by molar-refractivity contribution is 0.445. The normalized spacial score (nSPS) is 23.0. The fraction of sp³-hybridized carbons (Fsp3) is 0.550. The highest BCUT2D eigenvalue weighted by Crippen LogP contribution is 2.31. The maximum atomic E-state index is 6.04. The van der Waals surface area contributed by atoms with Crippen molar-refractivity contribution >= 4 is 22.3 Å². The quantitative estimate of drug-likeness (QED) is 0.919. The highest BCUT2D eigenvalue weighted by molar-refractivity contribution is 5.94. The molecule has 24 heavy (non-hydrogen) atoms. The predicted molar refractivity (Wildman–Crippen MR) is 102 cm³/mol. The van der Waals surface area contributed by atoms with E-state index in [9.17, 15) is 0 Å². The van der Waals surface area contributed by atoms with Crippen LogP contribution in [0.3, 0.4) is 0 Å². The van der Waals surface area contributed by atoms with Crippen molar-refractivity contribution in [3.63, 3.8) is 0 Å². The summed E-state index contributed by atoms with van der Waals surface area (Å²) < 4.78 is 0. The molecule has 0 radical (unpaired) electrons. The zero-order chi connectivity index (χ0) is 16.5. The van der Waals surface area contributed by atoms with Gasteiger partial charge < -0.3 is 15.5 Å². The maximum Gasteiger partial charge on any atom is 0.136 e. The number of nitrogens with two attached hydrogens (primary N) is 1. The third-order valence-electron chi connectivity index (χ3n) is 5.59. The van der Waals surface area contributed by atoms with Gasteiger partial charge in [0.2, 0.25) is 0 Å². The number of pyridine rings is 1. The van der Waals surface area contributed by atoms with Gasteiger partial charge in [-0.05, 0) is 61.3 Å². The zero-order valence-corrected chi connectivity index (χ0v) is 14.6. The number of anilines is 2. The average molecular weight is 324 g/mol. The largest absolute Gasteiger partial charge is 0.371 e. The van der Waals surface area contributed by atoms with Gasteiger partial charge in [0.15, 0.2) is 0 Å². The zero-order valence-electron chi connectivity index (χ0n) is 14.6. The summed E-state index contributed by atoms with van der Waals surface area (Å²) in [5, 5.41) is 2.58. The molecule has 0 spiro atoms. The van der Waals surface area contributed by atoms with Crippen LogP contribution in [0, 0.1) is 5.92 Å². The number of hydrogen-bond donors (Lipinski definition) is 1. The molecule has 1 aromatic heterocycles. The molecular formula is C20H28N4. The van der Waals surface area contributed by atoms with Crippen molar-refractivity contribution in [3.8, 4) is 0 Å². The summed E-state index contributed by atoms with van der Waals surface area (Å²) in [5.74, 6) is 1.92. The van der Waals surface area contributed by atoms with Crippen molar-refractivity contribution in [2.75, 3.05) is 36.0 Å². The molecule has 0 amide bonds. The lowest BCUT2D eigenvalue weighted by Gasteiger charge is -2.33. The molecule has 4 heteroatoms. The van der Waals surface area contributed by atoms with Crippen LogP contribution >= 0.6 is 0 Å². The Morgan fingerprint density at radius 1 is 1.04 bits per heavy atom. The number of piperidine rings is 2. The average Bonchev–Trinajstić information content (AvgIpc) is 2.61. The Hall–Kier alpha value is -1.81. The van der Waals surface area contributed by atoms with Crippen LogP contribution in [0.2, 0.25) is 0 Å². The molecule has 0 saturated carbocycles. The molecule has 2 N–H and O–H groups in total. The summed E-state index contributed by atoms with van der Waals surface area (Å²) in [4.78, 5) is 9.65. The standard InChI is InChI=1S/C20H28N4/c1-15-3-2-10-24(14-15)20-19-5-4-18(13-16(19)6-9-22-20)23-11-7-17(21)8-12-23/h4-6,9,13,15,17H,2-3,7-8,10-12,14,21H2,1H3. The van der Waals surface area contributed by atoms with Crippen molar-refractivity contribution in [2.45, 2.75) is 38.6 Å². The molecule has 2 fully saturated rings. The van der Waals surface area contributed by atoms with E-state index in [-0.39, 0.29) is 0 Å². The molecule has 1 unspecified atom stereocenters. The fourth-order valence-electron chi connectivity index (χ4n) is 4.14. The first-order chi connectivity index (χ1) is 11.7. The Labute approximate surface area is 144 Å². The molecule has 4 nitrogen and oxygen atoms in total. The summed E-state index contributed by atoms with van der Waals surface area (Å²) in [6.07, 6.45) is 6.75. The van der Waals surface area contributed by atoms with Gasteiger partial charge in [-0.25, -0.2) is 4.98 Å². The Morgan fingerprint density at radius 2 is 1.88 bits per heavy atom. The van der Waals surface area contributed by atoms with Gasteiger partial charge in [-0.3, -0.25) is 0 Å². The van der Waals surface area contributed by atoms with Crippen LogP contribution in [0.1, 0.15) is 32.6 Å². The van der Waals surface area contributed by atoms with E-state index in [4.69, 9.17) is 10.7 Å². The Morgan fingerprint density at radius 3 is 2.67 bits per heavy atom. The lowest BCUT2D eigenvalue weighted by Crippen LogP contribution is -2.39. The van der Waals surface area contributed by atoms with Gasteiger partial charge >= 0.3 is 0 Å². The minimum absolute atomic E-state index is 0.374. The first kappa shape index (κ1) is 15.7. The van der Waals surface area contributed by atoms with E-state index in [1.807, 2.05) is 6.20 Å². The van der Waals surface area contributed by atoms with Gasteiger partial charge in [0.25, 0.3) is 0 Å². The predicted octanol–water partition coefficient (Wildman–Crippen LogP) is 3.40. The molecule has 2 aliphatic heterocycles. The fourth-order valence-corrected chi connectivity index (χ4v) is 4.14. The van der Waals surface area contributed by atoms with Gasteiger partial charge in [-0.1, -0.05) is 6.92 Å². The molecule has 1 aromatic carbocycles. The number of benzene rings is 1. The summed E-state index contributed by atoms with van der Waals surface area (Å²) in [6, 6.07) is 9.37. The molecular weight excluding hydrogens is 296 g/mol. The monoisotopic (exact) mass is 324 g/mol. The third-order valence-corrected chi connectivity index (χ3v) is 5.59. The highest BCUT2D eigenvalue weighted by Gasteiger charge is 2.20. The van der Waals surface area contributed by atoms with E-state index in [0.29, 0.717) is 6.04 Å². The number of aromatic nitrogens is 1. The lowest BCUT2D eigenvalue weighted by atomic mass is 9.99. The van der Waals surface area contributed by atoms with E-state index >= 15 is 0 Å². The van der Waals surface area contributed by atoms with E-state index < -0.39 is 0 Å². The maximum absolute atomic E-state index is 6.04. The summed E-state index contributed by atoms with van der Waals surface area (Å²) in [7, 11) is 0. The topological polar surface area (TPSA) is 45.4 Å². The minimum Gasteiger partial charge on any atom is -0.371 e. The second-order valence-electron chi connectivity index (χ2n) is 7.56. The second-order valence-corrected chi connectivity index (χ2v) is 7.56. The third kappa shape index (κ3) is 3.07. The Kier molecular flexibility index (Phi) is 4.31. The molecule has 2 saturated heterocycles. The van der Waals surface area contributed by atoms with Crippen LogP contribution in [0.15, 0.2) is 30.5 Å². The van der Waals surface area contributed by atoms with Crippen LogP contribution in [-0.4, -0.2) is 37.2 Å². The van der Waals surface area contributed by atoms with E-state index in [1.54, 1.807) is 0 Å². The smallest absolute Gasteiger partial charge is 0.136 e. The van der Waals surface area contributed by atoms with Crippen LogP contribution in [-0.2, 0) is 0 Å². The molecule has 3 heterocycles. The van der Waals surface area contributed by atoms with Gasteiger partial charge in [0.05, 0.1) is 0 Å². The van der Waals surface area contributed by atoms with Gasteiger partial charge in [-0.15, -0.1) is 0 Å². The number of fused-ring (bicyclic) bond motifs is 1.